The highest BCUT2D eigenvalue weighted by Crippen LogP contribution is 2.20. The number of hydrogen-bond acceptors (Lipinski definition) is 2. The maximum atomic E-state index is 13.0. The van der Waals surface area contributed by atoms with Crippen molar-refractivity contribution in [3.63, 3.8) is 0 Å². The molecule has 2 aromatic carbocycles. The lowest BCUT2D eigenvalue weighted by Gasteiger charge is -2.04. The van der Waals surface area contributed by atoms with Gasteiger partial charge in [-0.05, 0) is 36.4 Å². The third-order valence-corrected chi connectivity index (χ3v) is 3.34. The lowest BCUT2D eigenvalue weighted by atomic mass is 10.3. The van der Waals surface area contributed by atoms with Crippen molar-refractivity contribution in [3.05, 3.63) is 70.2 Å². The van der Waals surface area contributed by atoms with Crippen LogP contribution in [0, 0.1) is 11.6 Å². The predicted octanol–water partition coefficient (Wildman–Crippen LogP) is 4.41. The number of carbonyl (C=O) groups excluding carboxylic acids is 2. The van der Waals surface area contributed by atoms with Gasteiger partial charge in [0, 0.05) is 23.5 Å². The van der Waals surface area contributed by atoms with Gasteiger partial charge in [-0.15, -0.1) is 0 Å². The molecule has 0 heterocycles. The van der Waals surface area contributed by atoms with Crippen molar-refractivity contribution >= 4 is 46.4 Å². The van der Waals surface area contributed by atoms with Crippen LogP contribution < -0.4 is 10.6 Å². The average molecular weight is 371 g/mol. The van der Waals surface area contributed by atoms with E-state index in [1.807, 2.05) is 0 Å². The van der Waals surface area contributed by atoms with E-state index < -0.39 is 23.4 Å². The number of hydrogen-bond donors (Lipinski definition) is 2. The van der Waals surface area contributed by atoms with Gasteiger partial charge in [0.2, 0.25) is 11.8 Å². The fourth-order valence-corrected chi connectivity index (χ4v) is 2.03. The Kier molecular flexibility index (Phi) is 5.89. The number of rotatable bonds is 4. The minimum absolute atomic E-state index is 0.136. The zero-order chi connectivity index (χ0) is 17.7. The summed E-state index contributed by atoms with van der Waals surface area (Å²) in [5.74, 6) is -2.43. The average Bonchev–Trinajstić information content (AvgIpc) is 2.53. The maximum Gasteiger partial charge on any atom is 0.248 e. The standard InChI is InChI=1S/C16H10Cl2F2N2O2/c17-11-7-9(1-3-13(11)19)21-15(23)5-6-16(24)22-10-2-4-14(20)12(18)8-10/h1-8H,(H,21,23)(H,22,24). The van der Waals surface area contributed by atoms with E-state index in [2.05, 4.69) is 10.6 Å². The smallest absolute Gasteiger partial charge is 0.248 e. The minimum atomic E-state index is -0.609. The Labute approximate surface area is 146 Å². The second-order valence-corrected chi connectivity index (χ2v) is 5.38. The third kappa shape index (κ3) is 5.04. The van der Waals surface area contributed by atoms with Crippen molar-refractivity contribution in [2.45, 2.75) is 0 Å². The summed E-state index contributed by atoms with van der Waals surface area (Å²) in [5.41, 5.74) is 0.559. The number of benzene rings is 2. The Hall–Kier alpha value is -2.44. The van der Waals surface area contributed by atoms with Crippen molar-refractivity contribution in [2.24, 2.45) is 0 Å². The fourth-order valence-electron chi connectivity index (χ4n) is 1.67. The van der Waals surface area contributed by atoms with Crippen LogP contribution in [0.15, 0.2) is 48.6 Å². The number of carbonyl (C=O) groups is 2. The first-order valence-electron chi connectivity index (χ1n) is 6.55. The molecule has 2 rings (SSSR count). The van der Waals surface area contributed by atoms with Crippen LogP contribution in [0.4, 0.5) is 20.2 Å². The van der Waals surface area contributed by atoms with Crippen molar-refractivity contribution in [1.82, 2.24) is 0 Å². The highest BCUT2D eigenvalue weighted by atomic mass is 35.5. The van der Waals surface area contributed by atoms with Gasteiger partial charge in [-0.25, -0.2) is 8.78 Å². The van der Waals surface area contributed by atoms with Crippen LogP contribution in [-0.4, -0.2) is 11.8 Å². The third-order valence-electron chi connectivity index (χ3n) is 2.76. The molecule has 0 saturated carbocycles. The van der Waals surface area contributed by atoms with E-state index in [1.165, 1.54) is 24.3 Å². The summed E-state index contributed by atoms with van der Waals surface area (Å²) in [4.78, 5) is 23.4. The maximum absolute atomic E-state index is 13.0. The van der Waals surface area contributed by atoms with Crippen LogP contribution in [0.2, 0.25) is 10.0 Å². The molecule has 4 nitrogen and oxygen atoms in total. The van der Waals surface area contributed by atoms with Gasteiger partial charge >= 0.3 is 0 Å². The molecule has 8 heteroatoms. The summed E-state index contributed by atoms with van der Waals surface area (Å²) in [7, 11) is 0. The van der Waals surface area contributed by atoms with Crippen LogP contribution >= 0.6 is 23.2 Å². The van der Waals surface area contributed by atoms with E-state index in [1.54, 1.807) is 0 Å². The first-order valence-corrected chi connectivity index (χ1v) is 7.31. The molecule has 2 amide bonds. The lowest BCUT2D eigenvalue weighted by molar-refractivity contribution is -0.114. The van der Waals surface area contributed by atoms with Crippen LogP contribution in [0.5, 0.6) is 0 Å². The minimum Gasteiger partial charge on any atom is -0.322 e. The quantitative estimate of drug-likeness (QED) is 0.783. The van der Waals surface area contributed by atoms with Gasteiger partial charge in [-0.1, -0.05) is 23.2 Å². The SMILES string of the molecule is O=C(C=CC(=O)Nc1ccc(F)c(Cl)c1)Nc1ccc(F)c(Cl)c1. The Morgan fingerprint density at radius 3 is 1.50 bits per heavy atom. The first kappa shape index (κ1) is 17.9. The monoisotopic (exact) mass is 370 g/mol. The van der Waals surface area contributed by atoms with E-state index in [9.17, 15) is 18.4 Å². The lowest BCUT2D eigenvalue weighted by Crippen LogP contribution is -2.12. The molecule has 0 radical (unpaired) electrons. The number of anilines is 2. The van der Waals surface area contributed by atoms with Crippen LogP contribution in [0.25, 0.3) is 0 Å². The second kappa shape index (κ2) is 7.90. The molecule has 2 N–H and O–H groups in total. The molecule has 0 atom stereocenters. The molecule has 24 heavy (non-hydrogen) atoms. The van der Waals surface area contributed by atoms with Crippen molar-refractivity contribution in [1.29, 1.82) is 0 Å². The second-order valence-electron chi connectivity index (χ2n) is 4.57. The summed E-state index contributed by atoms with van der Waals surface area (Å²) in [6.07, 6.45) is 1.97. The molecular formula is C16H10Cl2F2N2O2. The fraction of sp³-hybridized carbons (Fsp3) is 0. The molecule has 0 unspecified atom stereocenters. The van der Waals surface area contributed by atoms with E-state index in [4.69, 9.17) is 23.2 Å². The summed E-state index contributed by atoms with van der Waals surface area (Å²) >= 11 is 11.2. The Morgan fingerprint density at radius 1 is 0.792 bits per heavy atom. The van der Waals surface area contributed by atoms with Crippen molar-refractivity contribution < 1.29 is 18.4 Å². The molecule has 124 valence electrons. The highest BCUT2D eigenvalue weighted by Gasteiger charge is 2.05. The van der Waals surface area contributed by atoms with Gasteiger partial charge in [-0.2, -0.15) is 0 Å². The number of amides is 2. The molecule has 0 fully saturated rings. The summed E-state index contributed by atoms with van der Waals surface area (Å²) < 4.78 is 26.0. The summed E-state index contributed by atoms with van der Waals surface area (Å²) in [5, 5.41) is 4.56. The Balaban J connectivity index is 1.93. The van der Waals surface area contributed by atoms with Crippen LogP contribution in [0.1, 0.15) is 0 Å². The van der Waals surface area contributed by atoms with Crippen molar-refractivity contribution in [2.75, 3.05) is 10.6 Å². The molecule has 0 aromatic heterocycles. The zero-order valence-electron chi connectivity index (χ0n) is 11.9. The molecule has 2 aromatic rings. The zero-order valence-corrected chi connectivity index (χ0v) is 13.5. The van der Waals surface area contributed by atoms with Gasteiger partial charge in [0.25, 0.3) is 0 Å². The highest BCUT2D eigenvalue weighted by molar-refractivity contribution is 6.31. The summed E-state index contributed by atoms with van der Waals surface area (Å²) in [6.45, 7) is 0. The van der Waals surface area contributed by atoms with E-state index in [0.29, 0.717) is 0 Å². The van der Waals surface area contributed by atoms with Gasteiger partial charge in [0.1, 0.15) is 11.6 Å². The van der Waals surface area contributed by atoms with E-state index in [0.717, 1.165) is 24.3 Å². The van der Waals surface area contributed by atoms with Gasteiger partial charge in [-0.3, -0.25) is 9.59 Å². The van der Waals surface area contributed by atoms with Crippen LogP contribution in [-0.2, 0) is 9.59 Å². The van der Waals surface area contributed by atoms with Gasteiger partial charge in [0.05, 0.1) is 10.0 Å². The molecule has 0 aliphatic rings. The molecular weight excluding hydrogens is 361 g/mol. The summed E-state index contributed by atoms with van der Waals surface area (Å²) in [6, 6.07) is 7.34. The van der Waals surface area contributed by atoms with Crippen molar-refractivity contribution in [3.8, 4) is 0 Å². The van der Waals surface area contributed by atoms with E-state index in [-0.39, 0.29) is 21.4 Å². The number of halogens is 4. The largest absolute Gasteiger partial charge is 0.322 e. The van der Waals surface area contributed by atoms with Gasteiger partial charge in [0.15, 0.2) is 0 Å². The molecule has 0 aliphatic carbocycles. The molecule has 0 spiro atoms. The number of nitrogens with one attached hydrogen (secondary N) is 2. The Morgan fingerprint density at radius 2 is 1.17 bits per heavy atom. The molecule has 0 bridgehead atoms. The Bertz CT molecular complexity index is 758. The molecule has 0 aliphatic heterocycles. The predicted molar refractivity (Wildman–Crippen MR) is 89.2 cm³/mol. The van der Waals surface area contributed by atoms with Gasteiger partial charge < -0.3 is 10.6 Å². The first-order chi connectivity index (χ1) is 11.3. The van der Waals surface area contributed by atoms with Crippen LogP contribution in [0.3, 0.4) is 0 Å². The molecule has 0 saturated heterocycles. The normalized spacial score (nSPS) is 10.7. The topological polar surface area (TPSA) is 58.2 Å². The van der Waals surface area contributed by atoms with E-state index >= 15 is 0 Å².